The lowest BCUT2D eigenvalue weighted by Gasteiger charge is -2.33. The van der Waals surface area contributed by atoms with E-state index in [0.717, 1.165) is 16.7 Å². The van der Waals surface area contributed by atoms with E-state index in [9.17, 15) is 9.59 Å². The van der Waals surface area contributed by atoms with E-state index in [1.54, 1.807) is 33.5 Å². The predicted octanol–water partition coefficient (Wildman–Crippen LogP) is 3.82. The first kappa shape index (κ1) is 21.8. The van der Waals surface area contributed by atoms with Gasteiger partial charge in [0.2, 0.25) is 5.75 Å². The van der Waals surface area contributed by atoms with Gasteiger partial charge < -0.3 is 24.8 Å². The zero-order valence-electron chi connectivity index (χ0n) is 19.5. The SMILES string of the molecule is COc1cc2c(c(OC)c1OC)[C@@H](NC(=O)c1ccccc1)[C@H](C)[C@]21NC(=O)c2ccccc21. The smallest absolute Gasteiger partial charge is 0.252 e. The number of nitrogens with one attached hydrogen (secondary N) is 2. The minimum absolute atomic E-state index is 0.155. The monoisotopic (exact) mass is 458 g/mol. The van der Waals surface area contributed by atoms with Crippen molar-refractivity contribution in [3.8, 4) is 17.2 Å². The fourth-order valence-electron chi connectivity index (χ4n) is 5.48. The Bertz CT molecular complexity index is 1290. The molecule has 1 spiro atoms. The Balaban J connectivity index is 1.76. The summed E-state index contributed by atoms with van der Waals surface area (Å²) in [5.74, 6) is 0.779. The molecule has 0 fully saturated rings. The zero-order valence-corrected chi connectivity index (χ0v) is 19.5. The first-order chi connectivity index (χ1) is 16.5. The maximum absolute atomic E-state index is 13.3. The minimum atomic E-state index is -0.871. The second kappa shape index (κ2) is 8.09. The maximum atomic E-state index is 13.3. The van der Waals surface area contributed by atoms with Crippen molar-refractivity contribution in [1.29, 1.82) is 0 Å². The standard InChI is InChI=1S/C27H26N2O5/c1-15-22(28-25(30)16-10-6-5-7-11-16)21-19(14-20(32-2)23(33-3)24(21)34-4)27(15)18-13-9-8-12-17(18)26(31)29-27/h5-15,22H,1-4H3,(H,28,30)(H,29,31)/t15-,22-,27+/m0/s1. The zero-order chi connectivity index (χ0) is 24.0. The van der Waals surface area contributed by atoms with Crippen LogP contribution in [0.5, 0.6) is 17.2 Å². The fourth-order valence-corrected chi connectivity index (χ4v) is 5.48. The predicted molar refractivity (Wildman–Crippen MR) is 127 cm³/mol. The van der Waals surface area contributed by atoms with Gasteiger partial charge in [-0.05, 0) is 35.4 Å². The summed E-state index contributed by atoms with van der Waals surface area (Å²) < 4.78 is 17.1. The molecular formula is C27H26N2O5. The number of ether oxygens (including phenoxy) is 3. The highest BCUT2D eigenvalue weighted by Gasteiger charge is 2.58. The lowest BCUT2D eigenvalue weighted by molar-refractivity contribution is 0.0895. The van der Waals surface area contributed by atoms with Crippen LogP contribution in [0.1, 0.15) is 50.4 Å². The van der Waals surface area contributed by atoms with Crippen molar-refractivity contribution in [2.45, 2.75) is 18.5 Å². The van der Waals surface area contributed by atoms with E-state index in [1.807, 2.05) is 55.5 Å². The number of carbonyl (C=O) groups is 2. The summed E-state index contributed by atoms with van der Waals surface area (Å²) in [6.07, 6.45) is 0. The third-order valence-electron chi connectivity index (χ3n) is 7.02. The average molecular weight is 459 g/mol. The number of rotatable bonds is 5. The molecule has 0 bridgehead atoms. The van der Waals surface area contributed by atoms with Gasteiger partial charge in [-0.25, -0.2) is 0 Å². The van der Waals surface area contributed by atoms with E-state index in [4.69, 9.17) is 14.2 Å². The first-order valence-corrected chi connectivity index (χ1v) is 11.1. The molecule has 1 aliphatic heterocycles. The van der Waals surface area contributed by atoms with Gasteiger partial charge in [-0.2, -0.15) is 0 Å². The van der Waals surface area contributed by atoms with Gasteiger partial charge in [0, 0.05) is 22.6 Å². The van der Waals surface area contributed by atoms with Crippen molar-refractivity contribution in [3.63, 3.8) is 0 Å². The number of methoxy groups -OCH3 is 3. The second-order valence-electron chi connectivity index (χ2n) is 8.52. The Labute approximate surface area is 198 Å². The molecule has 2 aliphatic rings. The van der Waals surface area contributed by atoms with Crippen LogP contribution in [0.2, 0.25) is 0 Å². The van der Waals surface area contributed by atoms with Crippen LogP contribution in [0.25, 0.3) is 0 Å². The number of amides is 2. The molecule has 0 saturated carbocycles. The summed E-state index contributed by atoms with van der Waals surface area (Å²) in [4.78, 5) is 26.3. The molecule has 5 rings (SSSR count). The summed E-state index contributed by atoms with van der Waals surface area (Å²) in [6.45, 7) is 2.02. The number of hydrogen-bond donors (Lipinski definition) is 2. The quantitative estimate of drug-likeness (QED) is 0.607. The number of carbonyl (C=O) groups excluding carboxylic acids is 2. The maximum Gasteiger partial charge on any atom is 0.252 e. The van der Waals surface area contributed by atoms with Crippen LogP contribution in [-0.4, -0.2) is 33.1 Å². The van der Waals surface area contributed by atoms with Crippen LogP contribution in [-0.2, 0) is 5.54 Å². The van der Waals surface area contributed by atoms with Crippen LogP contribution in [0.3, 0.4) is 0 Å². The van der Waals surface area contributed by atoms with E-state index < -0.39 is 11.6 Å². The van der Waals surface area contributed by atoms with E-state index >= 15 is 0 Å². The van der Waals surface area contributed by atoms with Crippen molar-refractivity contribution in [1.82, 2.24) is 10.6 Å². The molecule has 0 saturated heterocycles. The Hall–Kier alpha value is -4.00. The summed E-state index contributed by atoms with van der Waals surface area (Å²) >= 11 is 0. The third kappa shape index (κ3) is 2.89. The van der Waals surface area contributed by atoms with Crippen LogP contribution in [0.15, 0.2) is 60.7 Å². The molecular weight excluding hydrogens is 432 g/mol. The lowest BCUT2D eigenvalue weighted by atomic mass is 9.78. The molecule has 2 amide bonds. The van der Waals surface area contributed by atoms with Gasteiger partial charge in [0.05, 0.1) is 32.9 Å². The van der Waals surface area contributed by atoms with Gasteiger partial charge in [0.1, 0.15) is 0 Å². The molecule has 174 valence electrons. The van der Waals surface area contributed by atoms with Gasteiger partial charge in [-0.15, -0.1) is 0 Å². The van der Waals surface area contributed by atoms with Gasteiger partial charge in [0.15, 0.2) is 11.5 Å². The summed E-state index contributed by atoms with van der Waals surface area (Å²) in [5.41, 5.74) is 2.72. The minimum Gasteiger partial charge on any atom is -0.493 e. The molecule has 2 N–H and O–H groups in total. The van der Waals surface area contributed by atoms with Crippen molar-refractivity contribution in [3.05, 3.63) is 88.5 Å². The van der Waals surface area contributed by atoms with Crippen molar-refractivity contribution in [2.75, 3.05) is 21.3 Å². The van der Waals surface area contributed by atoms with Crippen molar-refractivity contribution in [2.24, 2.45) is 5.92 Å². The highest BCUT2D eigenvalue weighted by molar-refractivity contribution is 6.01. The molecule has 3 aromatic carbocycles. The van der Waals surface area contributed by atoms with Crippen LogP contribution < -0.4 is 24.8 Å². The summed E-state index contributed by atoms with van der Waals surface area (Å²) in [5, 5.41) is 6.44. The molecule has 3 atom stereocenters. The Kier molecular flexibility index (Phi) is 5.20. The first-order valence-electron chi connectivity index (χ1n) is 11.1. The Morgan fingerprint density at radius 3 is 2.26 bits per heavy atom. The van der Waals surface area contributed by atoms with Crippen molar-refractivity contribution < 1.29 is 23.8 Å². The van der Waals surface area contributed by atoms with Gasteiger partial charge in [0.25, 0.3) is 11.8 Å². The summed E-state index contributed by atoms with van der Waals surface area (Å²) in [6, 6.07) is 18.0. The average Bonchev–Trinajstić information content (AvgIpc) is 3.30. The third-order valence-corrected chi connectivity index (χ3v) is 7.02. The molecule has 34 heavy (non-hydrogen) atoms. The molecule has 1 aliphatic carbocycles. The van der Waals surface area contributed by atoms with E-state index in [0.29, 0.717) is 28.4 Å². The number of benzene rings is 3. The molecule has 3 aromatic rings. The molecule has 0 unspecified atom stereocenters. The molecule has 0 radical (unpaired) electrons. The molecule has 1 heterocycles. The topological polar surface area (TPSA) is 85.9 Å². The fraction of sp³-hybridized carbons (Fsp3) is 0.259. The lowest BCUT2D eigenvalue weighted by Crippen LogP contribution is -2.46. The largest absolute Gasteiger partial charge is 0.493 e. The highest BCUT2D eigenvalue weighted by atomic mass is 16.5. The second-order valence-corrected chi connectivity index (χ2v) is 8.52. The molecule has 7 heteroatoms. The van der Waals surface area contributed by atoms with E-state index in [2.05, 4.69) is 10.6 Å². The Morgan fingerprint density at radius 2 is 1.59 bits per heavy atom. The Morgan fingerprint density at radius 1 is 0.912 bits per heavy atom. The van der Waals surface area contributed by atoms with Crippen molar-refractivity contribution >= 4 is 11.8 Å². The normalized spacial score (nSPS) is 22.1. The molecule has 7 nitrogen and oxygen atoms in total. The van der Waals surface area contributed by atoms with Crippen LogP contribution >= 0.6 is 0 Å². The van der Waals surface area contributed by atoms with Gasteiger partial charge in [-0.3, -0.25) is 9.59 Å². The van der Waals surface area contributed by atoms with E-state index in [-0.39, 0.29) is 17.7 Å². The van der Waals surface area contributed by atoms with E-state index in [1.165, 1.54) is 0 Å². The van der Waals surface area contributed by atoms with Gasteiger partial charge in [-0.1, -0.05) is 43.3 Å². The highest BCUT2D eigenvalue weighted by Crippen LogP contribution is 2.60. The number of fused-ring (bicyclic) bond motifs is 4. The summed E-state index contributed by atoms with van der Waals surface area (Å²) in [7, 11) is 4.67. The number of hydrogen-bond acceptors (Lipinski definition) is 5. The van der Waals surface area contributed by atoms with Crippen LogP contribution in [0, 0.1) is 5.92 Å². The molecule has 0 aromatic heterocycles. The van der Waals surface area contributed by atoms with Crippen LogP contribution in [0.4, 0.5) is 0 Å². The van der Waals surface area contributed by atoms with Gasteiger partial charge >= 0.3 is 0 Å².